The van der Waals surface area contributed by atoms with Gasteiger partial charge < -0.3 is 15.5 Å². The first-order valence-electron chi connectivity index (χ1n) is 8.47. The monoisotopic (exact) mass is 310 g/mol. The summed E-state index contributed by atoms with van der Waals surface area (Å²) in [6.45, 7) is 6.75. The molecule has 5 heteroatoms. The topological polar surface area (TPSA) is 62.6 Å². The van der Waals surface area contributed by atoms with Gasteiger partial charge in [-0.05, 0) is 52.9 Å². The summed E-state index contributed by atoms with van der Waals surface area (Å²) in [7, 11) is 1.88. The van der Waals surface area contributed by atoms with Crippen molar-refractivity contribution in [2.24, 2.45) is 0 Å². The van der Waals surface area contributed by atoms with Crippen molar-refractivity contribution in [1.82, 2.24) is 10.6 Å². The van der Waals surface area contributed by atoms with Gasteiger partial charge in [0.25, 0.3) is 11.8 Å². The van der Waals surface area contributed by atoms with Crippen LogP contribution in [0.4, 0.5) is 0 Å². The van der Waals surface area contributed by atoms with Gasteiger partial charge in [-0.1, -0.05) is 11.6 Å². The Morgan fingerprint density at radius 1 is 1.27 bits per heavy atom. The van der Waals surface area contributed by atoms with Crippen molar-refractivity contribution in [3.63, 3.8) is 0 Å². The third-order valence-electron chi connectivity index (χ3n) is 4.15. The summed E-state index contributed by atoms with van der Waals surface area (Å²) in [6, 6.07) is -0.0913. The van der Waals surface area contributed by atoms with Gasteiger partial charge in [0.2, 0.25) is 0 Å². The van der Waals surface area contributed by atoms with E-state index in [0.29, 0.717) is 13.1 Å². The van der Waals surface area contributed by atoms with Gasteiger partial charge >= 0.3 is 0 Å². The Morgan fingerprint density at radius 3 is 2.59 bits per heavy atom. The fraction of sp³-hybridized carbons (Fsp3) is 0.765. The number of hydrogen-bond acceptors (Lipinski definition) is 2. The molecule has 0 saturated carbocycles. The highest BCUT2D eigenvalue weighted by Crippen LogP contribution is 2.19. The van der Waals surface area contributed by atoms with Crippen molar-refractivity contribution in [2.75, 3.05) is 20.1 Å². The lowest BCUT2D eigenvalue weighted by Crippen LogP contribution is -3.15. The fourth-order valence-electron chi connectivity index (χ4n) is 2.63. The predicted octanol–water partition coefficient (Wildman–Crippen LogP) is 0.421. The van der Waals surface area contributed by atoms with Crippen LogP contribution in [0, 0.1) is 0 Å². The van der Waals surface area contributed by atoms with E-state index in [1.807, 2.05) is 27.8 Å². The van der Waals surface area contributed by atoms with Crippen LogP contribution in [-0.2, 0) is 9.59 Å². The summed E-state index contributed by atoms with van der Waals surface area (Å²) in [5.74, 6) is 0.00534. The van der Waals surface area contributed by atoms with E-state index in [9.17, 15) is 9.59 Å². The molecule has 1 rings (SSSR count). The molecule has 0 spiro atoms. The lowest BCUT2D eigenvalue weighted by atomic mass is 9.97. The van der Waals surface area contributed by atoms with Crippen LogP contribution in [-0.4, -0.2) is 44.0 Å². The van der Waals surface area contributed by atoms with Crippen LogP contribution < -0.4 is 15.5 Å². The summed E-state index contributed by atoms with van der Waals surface area (Å²) in [5, 5.41) is 5.85. The van der Waals surface area contributed by atoms with Crippen molar-refractivity contribution in [3.8, 4) is 0 Å². The first-order valence-corrected chi connectivity index (χ1v) is 8.47. The molecule has 22 heavy (non-hydrogen) atoms. The predicted molar refractivity (Wildman–Crippen MR) is 88.7 cm³/mol. The summed E-state index contributed by atoms with van der Waals surface area (Å²) >= 11 is 0. The molecule has 1 aliphatic rings. The number of hydrogen-bond donors (Lipinski definition) is 3. The van der Waals surface area contributed by atoms with Crippen LogP contribution in [0.5, 0.6) is 0 Å². The maximum atomic E-state index is 12.1. The Kier molecular flexibility index (Phi) is 8.17. The van der Waals surface area contributed by atoms with Crippen molar-refractivity contribution in [2.45, 2.75) is 65.0 Å². The third kappa shape index (κ3) is 7.07. The second kappa shape index (κ2) is 9.62. The molecule has 0 saturated heterocycles. The highest BCUT2D eigenvalue weighted by molar-refractivity contribution is 5.81. The number of quaternary nitrogens is 1. The zero-order chi connectivity index (χ0) is 16.5. The molecule has 1 aliphatic carbocycles. The molecule has 2 amide bonds. The van der Waals surface area contributed by atoms with E-state index in [2.05, 4.69) is 16.7 Å². The van der Waals surface area contributed by atoms with Crippen molar-refractivity contribution in [1.29, 1.82) is 0 Å². The van der Waals surface area contributed by atoms with Gasteiger partial charge in [0.1, 0.15) is 0 Å². The average molecular weight is 310 g/mol. The molecule has 0 aliphatic heterocycles. The summed E-state index contributed by atoms with van der Waals surface area (Å²) < 4.78 is 0. The number of likely N-dealkylation sites (N-methyl/N-ethyl adjacent to an activating group) is 1. The van der Waals surface area contributed by atoms with E-state index in [1.165, 1.54) is 31.3 Å². The molecule has 1 unspecified atom stereocenters. The molecule has 5 nitrogen and oxygen atoms in total. The molecule has 0 aromatic heterocycles. The number of nitrogens with one attached hydrogen (secondary N) is 3. The maximum Gasteiger partial charge on any atom is 0.278 e. The Hall–Kier alpha value is -1.36. The lowest BCUT2D eigenvalue weighted by molar-refractivity contribution is -0.886. The Labute approximate surface area is 134 Å². The molecule has 126 valence electrons. The van der Waals surface area contributed by atoms with Crippen molar-refractivity contribution in [3.05, 3.63) is 11.6 Å². The second-order valence-corrected chi connectivity index (χ2v) is 6.62. The summed E-state index contributed by atoms with van der Waals surface area (Å²) in [5.41, 5.74) is 1.47. The Bertz CT molecular complexity index is 405. The quantitative estimate of drug-likeness (QED) is 0.569. The maximum absolute atomic E-state index is 12.1. The standard InChI is InChI=1S/C17H31N3O2/c1-13(2)19-16(21)12-20(4)14(3)17(22)18-11-10-15-8-6-5-7-9-15/h8,13-14H,5-7,9-12H2,1-4H3,(H,18,22)(H,19,21)/p+1/t14-/m1/s1. The first-order chi connectivity index (χ1) is 10.4. The largest absolute Gasteiger partial charge is 0.351 e. The molecular weight excluding hydrogens is 278 g/mol. The van der Waals surface area contributed by atoms with Crippen LogP contribution >= 0.6 is 0 Å². The normalized spacial score (nSPS) is 17.6. The zero-order valence-corrected chi connectivity index (χ0v) is 14.5. The van der Waals surface area contributed by atoms with Crippen LogP contribution in [0.1, 0.15) is 52.9 Å². The van der Waals surface area contributed by atoms with Crippen LogP contribution in [0.2, 0.25) is 0 Å². The van der Waals surface area contributed by atoms with Gasteiger partial charge in [0.15, 0.2) is 12.6 Å². The smallest absolute Gasteiger partial charge is 0.278 e. The van der Waals surface area contributed by atoms with E-state index in [1.54, 1.807) is 0 Å². The minimum Gasteiger partial charge on any atom is -0.351 e. The van der Waals surface area contributed by atoms with Gasteiger partial charge in [-0.2, -0.15) is 0 Å². The molecule has 0 heterocycles. The molecule has 0 aromatic carbocycles. The number of amides is 2. The van der Waals surface area contributed by atoms with Gasteiger partial charge in [-0.3, -0.25) is 9.59 Å². The molecule has 0 radical (unpaired) electrons. The Balaban J connectivity index is 2.28. The number of rotatable bonds is 8. The number of carbonyl (C=O) groups is 2. The van der Waals surface area contributed by atoms with E-state index < -0.39 is 0 Å². The van der Waals surface area contributed by atoms with Gasteiger partial charge in [0.05, 0.1) is 7.05 Å². The van der Waals surface area contributed by atoms with Crippen LogP contribution in [0.25, 0.3) is 0 Å². The minimum atomic E-state index is -0.224. The number of allylic oxidation sites excluding steroid dienone is 1. The highest BCUT2D eigenvalue weighted by atomic mass is 16.2. The molecule has 3 N–H and O–H groups in total. The average Bonchev–Trinajstić information content (AvgIpc) is 2.46. The minimum absolute atomic E-state index is 0.0143. The summed E-state index contributed by atoms with van der Waals surface area (Å²) in [6.07, 6.45) is 8.18. The third-order valence-corrected chi connectivity index (χ3v) is 4.15. The molecule has 0 fully saturated rings. The van der Waals surface area contributed by atoms with Gasteiger partial charge in [-0.25, -0.2) is 0 Å². The molecule has 0 bridgehead atoms. The Morgan fingerprint density at radius 2 is 2.00 bits per heavy atom. The lowest BCUT2D eigenvalue weighted by Gasteiger charge is -2.21. The van der Waals surface area contributed by atoms with Crippen LogP contribution in [0.15, 0.2) is 11.6 Å². The van der Waals surface area contributed by atoms with Crippen LogP contribution in [0.3, 0.4) is 0 Å². The van der Waals surface area contributed by atoms with E-state index in [0.717, 1.165) is 11.3 Å². The van der Waals surface area contributed by atoms with E-state index >= 15 is 0 Å². The zero-order valence-electron chi connectivity index (χ0n) is 14.5. The fourth-order valence-corrected chi connectivity index (χ4v) is 2.63. The highest BCUT2D eigenvalue weighted by Gasteiger charge is 2.23. The molecule has 2 atom stereocenters. The summed E-state index contributed by atoms with van der Waals surface area (Å²) in [4.78, 5) is 24.8. The van der Waals surface area contributed by atoms with Gasteiger partial charge in [-0.15, -0.1) is 0 Å². The SMILES string of the molecule is CC(C)NC(=O)C[NH+](C)[C@H](C)C(=O)NCCC1=CCCCC1. The van der Waals surface area contributed by atoms with E-state index in [4.69, 9.17) is 0 Å². The van der Waals surface area contributed by atoms with Crippen molar-refractivity contribution < 1.29 is 14.5 Å². The second-order valence-electron chi connectivity index (χ2n) is 6.62. The molecular formula is C17H32N3O2+. The number of carbonyl (C=O) groups excluding carboxylic acids is 2. The van der Waals surface area contributed by atoms with Crippen molar-refractivity contribution >= 4 is 11.8 Å². The molecule has 0 aromatic rings. The van der Waals surface area contributed by atoms with E-state index in [-0.39, 0.29) is 23.9 Å². The first kappa shape index (κ1) is 18.7. The van der Waals surface area contributed by atoms with Gasteiger partial charge in [0, 0.05) is 12.6 Å².